The first-order valence-electron chi connectivity index (χ1n) is 15.0. The van der Waals surface area contributed by atoms with Crippen LogP contribution in [-0.2, 0) is 32.6 Å². The molecule has 4 aromatic rings. The third kappa shape index (κ3) is 8.69. The Morgan fingerprint density at radius 3 is 2.11 bits per heavy atom. The van der Waals surface area contributed by atoms with E-state index in [0.29, 0.717) is 21.3 Å². The highest BCUT2D eigenvalue weighted by molar-refractivity contribution is 7.92. The normalized spacial score (nSPS) is 12.1. The number of halogens is 2. The van der Waals surface area contributed by atoms with Crippen molar-refractivity contribution >= 4 is 50.7 Å². The molecule has 2 amide bonds. The quantitative estimate of drug-likeness (QED) is 0.171. The highest BCUT2D eigenvalue weighted by Crippen LogP contribution is 2.28. The lowest BCUT2D eigenvalue weighted by molar-refractivity contribution is -0.140. The first kappa shape index (κ1) is 35.0. The van der Waals surface area contributed by atoms with Gasteiger partial charge in [0.2, 0.25) is 11.8 Å². The molecule has 10 heteroatoms. The molecule has 4 rings (SSSR count). The summed E-state index contributed by atoms with van der Waals surface area (Å²) in [5, 5.41) is 3.70. The molecule has 0 heterocycles. The number of benzene rings is 4. The van der Waals surface area contributed by atoms with Crippen LogP contribution in [0.4, 0.5) is 5.69 Å². The van der Waals surface area contributed by atoms with Gasteiger partial charge < -0.3 is 10.2 Å². The van der Waals surface area contributed by atoms with E-state index in [2.05, 4.69) is 5.32 Å². The number of nitrogens with zero attached hydrogens (tertiary/aromatic N) is 2. The van der Waals surface area contributed by atoms with Gasteiger partial charge in [-0.3, -0.25) is 13.9 Å². The summed E-state index contributed by atoms with van der Waals surface area (Å²) in [7, 11) is -4.20. The third-order valence-electron chi connectivity index (χ3n) is 7.72. The van der Waals surface area contributed by atoms with E-state index in [1.165, 1.54) is 17.0 Å². The third-order valence-corrected chi connectivity index (χ3v) is 10.1. The van der Waals surface area contributed by atoms with Gasteiger partial charge in [-0.25, -0.2) is 8.42 Å². The average molecular weight is 681 g/mol. The SMILES string of the molecule is Cc1ccc(S(=O)(=O)N(CC(=O)N(Cc2ccc(Cl)cc2Cl)[C@H](Cc2ccccc2)C(=O)NC(C)C)c2ccc(C)c(C)c2)cc1. The molecule has 0 aliphatic rings. The molecule has 1 atom stereocenters. The summed E-state index contributed by atoms with van der Waals surface area (Å²) in [6.45, 7) is 8.77. The molecule has 0 saturated heterocycles. The van der Waals surface area contributed by atoms with Crippen molar-refractivity contribution in [2.24, 2.45) is 0 Å². The van der Waals surface area contributed by atoms with Crippen molar-refractivity contribution in [3.05, 3.63) is 129 Å². The van der Waals surface area contributed by atoms with Crippen molar-refractivity contribution in [3.8, 4) is 0 Å². The van der Waals surface area contributed by atoms with Gasteiger partial charge >= 0.3 is 0 Å². The number of amides is 2. The molecular weight excluding hydrogens is 641 g/mol. The van der Waals surface area contributed by atoms with Crippen LogP contribution in [0, 0.1) is 20.8 Å². The molecular formula is C36H39Cl2N3O4S. The molecule has 4 aromatic carbocycles. The lowest BCUT2D eigenvalue weighted by Gasteiger charge is -2.34. The minimum Gasteiger partial charge on any atom is -0.352 e. The number of sulfonamides is 1. The molecule has 7 nitrogen and oxygen atoms in total. The number of rotatable bonds is 12. The van der Waals surface area contributed by atoms with Gasteiger partial charge in [0.25, 0.3) is 10.0 Å². The molecule has 46 heavy (non-hydrogen) atoms. The molecule has 0 aromatic heterocycles. The minimum atomic E-state index is -4.20. The zero-order valence-electron chi connectivity index (χ0n) is 26.6. The second kappa shape index (κ2) is 15.2. The molecule has 0 aliphatic carbocycles. The van der Waals surface area contributed by atoms with E-state index in [1.54, 1.807) is 42.5 Å². The second-order valence-corrected chi connectivity index (χ2v) is 14.4. The Labute approximate surface area is 282 Å². The van der Waals surface area contributed by atoms with Gasteiger partial charge in [-0.1, -0.05) is 83.4 Å². The van der Waals surface area contributed by atoms with Gasteiger partial charge in [0.1, 0.15) is 12.6 Å². The van der Waals surface area contributed by atoms with E-state index in [1.807, 2.05) is 71.0 Å². The van der Waals surface area contributed by atoms with Crippen molar-refractivity contribution in [1.29, 1.82) is 0 Å². The van der Waals surface area contributed by atoms with E-state index >= 15 is 0 Å². The summed E-state index contributed by atoms with van der Waals surface area (Å²) in [5.41, 5.74) is 4.50. The maximum Gasteiger partial charge on any atom is 0.264 e. The van der Waals surface area contributed by atoms with Crippen molar-refractivity contribution in [1.82, 2.24) is 10.2 Å². The van der Waals surface area contributed by atoms with Gasteiger partial charge in [0, 0.05) is 29.1 Å². The number of anilines is 1. The second-order valence-electron chi connectivity index (χ2n) is 11.7. The average Bonchev–Trinajstić information content (AvgIpc) is 3.00. The fourth-order valence-electron chi connectivity index (χ4n) is 5.02. The Morgan fingerprint density at radius 2 is 1.50 bits per heavy atom. The number of carbonyl (C=O) groups excluding carboxylic acids is 2. The number of hydrogen-bond acceptors (Lipinski definition) is 4. The van der Waals surface area contributed by atoms with Gasteiger partial charge in [-0.2, -0.15) is 0 Å². The van der Waals surface area contributed by atoms with E-state index in [0.717, 1.165) is 26.6 Å². The zero-order chi connectivity index (χ0) is 33.6. The molecule has 242 valence electrons. The fraction of sp³-hybridized carbons (Fsp3) is 0.278. The van der Waals surface area contributed by atoms with E-state index < -0.39 is 28.5 Å². The Kier molecular flexibility index (Phi) is 11.5. The van der Waals surface area contributed by atoms with Crippen LogP contribution in [0.3, 0.4) is 0 Å². The van der Waals surface area contributed by atoms with Crippen LogP contribution in [0.15, 0.2) is 95.9 Å². The van der Waals surface area contributed by atoms with Crippen LogP contribution in [0.1, 0.15) is 41.7 Å². The summed E-state index contributed by atoms with van der Waals surface area (Å²) in [4.78, 5) is 29.9. The molecule has 0 aliphatic heterocycles. The number of nitrogens with one attached hydrogen (secondary N) is 1. The van der Waals surface area contributed by atoms with Gasteiger partial charge in [-0.05, 0) is 93.3 Å². The minimum absolute atomic E-state index is 0.0508. The van der Waals surface area contributed by atoms with Crippen LogP contribution >= 0.6 is 23.2 Å². The standard InChI is InChI=1S/C36H39Cl2N3O4S/c1-24(2)39-36(43)34(20-28-9-7-6-8-10-28)40(22-29-14-15-30(37)21-33(29)38)35(42)23-41(31-16-13-26(4)27(5)19-31)46(44,45)32-17-11-25(3)12-18-32/h6-19,21,24,34H,20,22-23H2,1-5H3,(H,39,43)/t34-/m1/s1. The van der Waals surface area contributed by atoms with Crippen molar-refractivity contribution < 1.29 is 18.0 Å². The monoisotopic (exact) mass is 679 g/mol. The Hall–Kier alpha value is -3.85. The molecule has 1 N–H and O–H groups in total. The van der Waals surface area contributed by atoms with Crippen LogP contribution in [0.2, 0.25) is 10.0 Å². The van der Waals surface area contributed by atoms with Gasteiger partial charge in [0.05, 0.1) is 10.6 Å². The first-order chi connectivity index (χ1) is 21.8. The maximum absolute atomic E-state index is 14.6. The Balaban J connectivity index is 1.84. The van der Waals surface area contributed by atoms with Gasteiger partial charge in [0.15, 0.2) is 0 Å². The van der Waals surface area contributed by atoms with Crippen molar-refractivity contribution in [3.63, 3.8) is 0 Å². The van der Waals surface area contributed by atoms with E-state index in [4.69, 9.17) is 23.2 Å². The number of aryl methyl sites for hydroxylation is 3. The molecule has 0 saturated carbocycles. The first-order valence-corrected chi connectivity index (χ1v) is 17.2. The Morgan fingerprint density at radius 1 is 0.826 bits per heavy atom. The smallest absolute Gasteiger partial charge is 0.264 e. The number of hydrogen-bond donors (Lipinski definition) is 1. The molecule has 0 fully saturated rings. The number of carbonyl (C=O) groups is 2. The molecule has 0 bridgehead atoms. The van der Waals surface area contributed by atoms with Gasteiger partial charge in [-0.15, -0.1) is 0 Å². The summed E-state index contributed by atoms with van der Waals surface area (Å²) in [6, 6.07) is 24.9. The van der Waals surface area contributed by atoms with Crippen LogP contribution < -0.4 is 9.62 Å². The van der Waals surface area contributed by atoms with Crippen molar-refractivity contribution in [2.75, 3.05) is 10.8 Å². The topological polar surface area (TPSA) is 86.8 Å². The summed E-state index contributed by atoms with van der Waals surface area (Å²) >= 11 is 12.7. The lowest BCUT2D eigenvalue weighted by atomic mass is 10.0. The summed E-state index contributed by atoms with van der Waals surface area (Å²) < 4.78 is 29.6. The molecule has 0 spiro atoms. The van der Waals surface area contributed by atoms with Crippen molar-refractivity contribution in [2.45, 2.75) is 64.6 Å². The molecule has 0 unspecified atom stereocenters. The van der Waals surface area contributed by atoms with E-state index in [-0.39, 0.29) is 29.8 Å². The predicted molar refractivity (Wildman–Crippen MR) is 186 cm³/mol. The lowest BCUT2D eigenvalue weighted by Crippen LogP contribution is -2.54. The molecule has 0 radical (unpaired) electrons. The highest BCUT2D eigenvalue weighted by Gasteiger charge is 2.35. The Bertz CT molecular complexity index is 1800. The summed E-state index contributed by atoms with van der Waals surface area (Å²) in [6.07, 6.45) is 0.199. The van der Waals surface area contributed by atoms with Crippen LogP contribution in [0.25, 0.3) is 0 Å². The van der Waals surface area contributed by atoms with Crippen LogP contribution in [0.5, 0.6) is 0 Å². The van der Waals surface area contributed by atoms with E-state index in [9.17, 15) is 18.0 Å². The van der Waals surface area contributed by atoms with Crippen LogP contribution in [-0.4, -0.2) is 43.8 Å². The summed E-state index contributed by atoms with van der Waals surface area (Å²) in [5.74, 6) is -0.934. The largest absolute Gasteiger partial charge is 0.352 e. The highest BCUT2D eigenvalue weighted by atomic mass is 35.5. The maximum atomic E-state index is 14.6. The predicted octanol–water partition coefficient (Wildman–Crippen LogP) is 7.28. The fourth-order valence-corrected chi connectivity index (χ4v) is 6.89. The zero-order valence-corrected chi connectivity index (χ0v) is 29.0.